The smallest absolute Gasteiger partial charge is 0.270 e. The Hall–Kier alpha value is -4.39. The highest BCUT2D eigenvalue weighted by Gasteiger charge is 2.41. The molecule has 2 aromatic carbocycles. The van der Waals surface area contributed by atoms with E-state index in [4.69, 9.17) is 9.47 Å². The van der Waals surface area contributed by atoms with Crippen molar-refractivity contribution in [3.8, 4) is 29.1 Å². The zero-order valence-electron chi connectivity index (χ0n) is 22.2. The Morgan fingerprint density at radius 2 is 1.95 bits per heavy atom. The van der Waals surface area contributed by atoms with Crippen LogP contribution in [-0.2, 0) is 4.79 Å². The number of benzene rings is 2. The molecule has 0 bridgehead atoms. The zero-order chi connectivity index (χ0) is 27.7. The molecule has 6 rings (SSSR count). The molecule has 2 N–H and O–H groups in total. The molecule has 1 saturated carbocycles. The number of β-amino-alcohol motifs (C(OH)–C–C–N with tert-alkyl or cyclic N) is 1. The second kappa shape index (κ2) is 10.6. The molecule has 9 nitrogen and oxygen atoms in total. The van der Waals surface area contributed by atoms with Crippen LogP contribution in [0.5, 0.6) is 17.2 Å². The quantitative estimate of drug-likeness (QED) is 0.465. The van der Waals surface area contributed by atoms with E-state index in [0.717, 1.165) is 12.5 Å². The number of carbonyl (C=O) groups is 2. The molecule has 3 aliphatic rings. The second-order valence-corrected chi connectivity index (χ2v) is 10.6. The molecular formula is C31H30N4O5. The van der Waals surface area contributed by atoms with Gasteiger partial charge >= 0.3 is 0 Å². The summed E-state index contributed by atoms with van der Waals surface area (Å²) in [6, 6.07) is 16.8. The average molecular weight is 539 g/mol. The molecule has 2 fully saturated rings. The van der Waals surface area contributed by atoms with E-state index in [-0.39, 0.29) is 18.2 Å². The number of likely N-dealkylation sites (tertiary alicyclic amines) is 1. The summed E-state index contributed by atoms with van der Waals surface area (Å²) in [6.45, 7) is 2.11. The summed E-state index contributed by atoms with van der Waals surface area (Å²) in [7, 11) is 1.63. The van der Waals surface area contributed by atoms with E-state index in [2.05, 4.69) is 27.0 Å². The Bertz CT molecular complexity index is 1490. The molecule has 0 unspecified atom stereocenters. The van der Waals surface area contributed by atoms with Gasteiger partial charge in [-0.2, -0.15) is 0 Å². The van der Waals surface area contributed by atoms with E-state index in [1.807, 2.05) is 30.3 Å². The number of anilines is 1. The van der Waals surface area contributed by atoms with Crippen molar-refractivity contribution in [1.82, 2.24) is 15.2 Å². The number of likely N-dealkylation sites (N-methyl/N-ethyl adjacent to an activating group) is 1. The van der Waals surface area contributed by atoms with Gasteiger partial charge in [0, 0.05) is 44.5 Å². The molecule has 3 aromatic rings. The number of pyridine rings is 1. The third-order valence-corrected chi connectivity index (χ3v) is 7.23. The summed E-state index contributed by atoms with van der Waals surface area (Å²) in [5.74, 6) is 7.58. The molecule has 1 aromatic heterocycles. The monoisotopic (exact) mass is 538 g/mol. The van der Waals surface area contributed by atoms with Gasteiger partial charge in [0.25, 0.3) is 11.8 Å². The number of nitrogens with one attached hydrogen (secondary N) is 1. The van der Waals surface area contributed by atoms with E-state index in [1.54, 1.807) is 31.3 Å². The Labute approximate surface area is 232 Å². The van der Waals surface area contributed by atoms with E-state index in [1.165, 1.54) is 30.0 Å². The van der Waals surface area contributed by atoms with Gasteiger partial charge in [0.1, 0.15) is 35.6 Å². The Morgan fingerprint density at radius 3 is 2.73 bits per heavy atom. The van der Waals surface area contributed by atoms with Crippen molar-refractivity contribution in [2.24, 2.45) is 5.92 Å². The van der Waals surface area contributed by atoms with Gasteiger partial charge in [-0.25, -0.2) is 0 Å². The Kier molecular flexibility index (Phi) is 6.88. The number of aliphatic hydroxyl groups is 1. The van der Waals surface area contributed by atoms with Gasteiger partial charge in [0.05, 0.1) is 5.69 Å². The third-order valence-electron chi connectivity index (χ3n) is 7.23. The van der Waals surface area contributed by atoms with Crippen LogP contribution in [0.3, 0.4) is 0 Å². The third kappa shape index (κ3) is 5.78. The first kappa shape index (κ1) is 25.9. The molecule has 204 valence electrons. The fraction of sp³-hybridized carbons (Fsp3) is 0.323. The lowest BCUT2D eigenvalue weighted by molar-refractivity contribution is -0.120. The van der Waals surface area contributed by atoms with Gasteiger partial charge in [-0.3, -0.25) is 19.5 Å². The molecule has 1 atom stereocenters. The van der Waals surface area contributed by atoms with Crippen molar-refractivity contribution < 1.29 is 24.2 Å². The molecule has 3 heterocycles. The van der Waals surface area contributed by atoms with Crippen molar-refractivity contribution in [3.63, 3.8) is 0 Å². The number of rotatable bonds is 6. The van der Waals surface area contributed by atoms with Crippen molar-refractivity contribution >= 4 is 17.5 Å². The largest absolute Gasteiger partial charge is 0.489 e. The standard InChI is InChI=1S/C31H30N4O5/c1-34-27-15-21(11-13-31(38)19-35(20-31)17-22-7-8-22)9-10-28(27)39-18-26(30(34)37)33-29(36)25-16-24(12-14-32-25)40-23-5-3-2-4-6-23/h2-6,9-10,12,14-16,22,26,38H,7-8,17-20H2,1H3,(H,33,36)/t26-/m1/s1. The minimum atomic E-state index is -1.01. The van der Waals surface area contributed by atoms with Crippen LogP contribution in [0.25, 0.3) is 0 Å². The van der Waals surface area contributed by atoms with Crippen LogP contribution in [-0.4, -0.2) is 71.7 Å². The summed E-state index contributed by atoms with van der Waals surface area (Å²) < 4.78 is 11.7. The highest BCUT2D eigenvalue weighted by Crippen LogP contribution is 2.34. The van der Waals surface area contributed by atoms with Gasteiger partial charge in [-0.15, -0.1) is 0 Å². The lowest BCUT2D eigenvalue weighted by atomic mass is 9.94. The number of para-hydroxylation sites is 1. The minimum absolute atomic E-state index is 0.0380. The number of hydrogen-bond donors (Lipinski definition) is 2. The first-order valence-electron chi connectivity index (χ1n) is 13.4. The van der Waals surface area contributed by atoms with Crippen LogP contribution in [0.1, 0.15) is 28.9 Å². The lowest BCUT2D eigenvalue weighted by Crippen LogP contribution is -2.61. The van der Waals surface area contributed by atoms with E-state index >= 15 is 0 Å². The summed E-state index contributed by atoms with van der Waals surface area (Å²) in [5.41, 5.74) is 0.318. The predicted octanol–water partition coefficient (Wildman–Crippen LogP) is 2.84. The van der Waals surface area contributed by atoms with Gasteiger partial charge in [-0.1, -0.05) is 30.0 Å². The maximum absolute atomic E-state index is 13.3. The van der Waals surface area contributed by atoms with Gasteiger partial charge < -0.3 is 24.8 Å². The predicted molar refractivity (Wildman–Crippen MR) is 148 cm³/mol. The molecule has 2 amide bonds. The molecule has 40 heavy (non-hydrogen) atoms. The first-order valence-corrected chi connectivity index (χ1v) is 13.4. The topological polar surface area (TPSA) is 104 Å². The summed E-state index contributed by atoms with van der Waals surface area (Å²) in [5, 5.41) is 13.4. The number of ether oxygens (including phenoxy) is 2. The number of carbonyl (C=O) groups excluding carboxylic acids is 2. The number of nitrogens with zero attached hydrogens (tertiary/aromatic N) is 3. The van der Waals surface area contributed by atoms with Crippen molar-refractivity contribution in [1.29, 1.82) is 0 Å². The Morgan fingerprint density at radius 1 is 1.15 bits per heavy atom. The highest BCUT2D eigenvalue weighted by molar-refractivity contribution is 6.03. The maximum Gasteiger partial charge on any atom is 0.270 e. The van der Waals surface area contributed by atoms with Crippen molar-refractivity contribution in [3.05, 3.63) is 78.1 Å². The van der Waals surface area contributed by atoms with E-state index in [0.29, 0.717) is 41.6 Å². The van der Waals surface area contributed by atoms with E-state index in [9.17, 15) is 14.7 Å². The van der Waals surface area contributed by atoms with Gasteiger partial charge in [0.15, 0.2) is 5.60 Å². The van der Waals surface area contributed by atoms with Crippen LogP contribution < -0.4 is 19.7 Å². The number of amides is 2. The molecular weight excluding hydrogens is 508 g/mol. The van der Waals surface area contributed by atoms with Gasteiger partial charge in [-0.05, 0) is 55.2 Å². The SMILES string of the molecule is CN1C(=O)[C@H](NC(=O)c2cc(Oc3ccccc3)ccn2)COc2ccc(C#CC3(O)CN(CC4CC4)C3)cc21. The van der Waals surface area contributed by atoms with Crippen LogP contribution >= 0.6 is 0 Å². The summed E-state index contributed by atoms with van der Waals surface area (Å²) in [6.07, 6.45) is 4.04. The zero-order valence-corrected chi connectivity index (χ0v) is 22.2. The number of aromatic nitrogens is 1. The van der Waals surface area contributed by atoms with Crippen LogP contribution in [0, 0.1) is 17.8 Å². The van der Waals surface area contributed by atoms with Crippen LogP contribution in [0.2, 0.25) is 0 Å². The molecule has 1 aliphatic carbocycles. The Balaban J connectivity index is 1.11. The maximum atomic E-state index is 13.3. The molecule has 1 saturated heterocycles. The molecule has 9 heteroatoms. The van der Waals surface area contributed by atoms with Crippen LogP contribution in [0.15, 0.2) is 66.9 Å². The van der Waals surface area contributed by atoms with Crippen molar-refractivity contribution in [2.75, 3.05) is 38.2 Å². The number of fused-ring (bicyclic) bond motifs is 1. The molecule has 2 aliphatic heterocycles. The van der Waals surface area contributed by atoms with Crippen molar-refractivity contribution in [2.45, 2.75) is 24.5 Å². The lowest BCUT2D eigenvalue weighted by Gasteiger charge is -2.43. The normalized spacial score (nSPS) is 19.7. The molecule has 0 radical (unpaired) electrons. The molecule has 0 spiro atoms. The fourth-order valence-corrected chi connectivity index (χ4v) is 4.89. The minimum Gasteiger partial charge on any atom is -0.489 e. The van der Waals surface area contributed by atoms with E-state index < -0.39 is 17.6 Å². The summed E-state index contributed by atoms with van der Waals surface area (Å²) in [4.78, 5) is 34.1. The fourth-order valence-electron chi connectivity index (χ4n) is 4.89. The summed E-state index contributed by atoms with van der Waals surface area (Å²) >= 11 is 0. The highest BCUT2D eigenvalue weighted by atomic mass is 16.5. The number of hydrogen-bond acceptors (Lipinski definition) is 7. The second-order valence-electron chi connectivity index (χ2n) is 10.6. The first-order chi connectivity index (χ1) is 19.3. The van der Waals surface area contributed by atoms with Gasteiger partial charge in [0.2, 0.25) is 0 Å². The average Bonchev–Trinajstić information content (AvgIpc) is 3.78. The van der Waals surface area contributed by atoms with Crippen LogP contribution in [0.4, 0.5) is 5.69 Å².